The van der Waals surface area contributed by atoms with E-state index in [4.69, 9.17) is 0 Å². The molecule has 1 aromatic carbocycles. The van der Waals surface area contributed by atoms with E-state index < -0.39 is 11.4 Å². The van der Waals surface area contributed by atoms with Crippen molar-refractivity contribution < 1.29 is 14.7 Å². The van der Waals surface area contributed by atoms with Crippen molar-refractivity contribution in [3.05, 3.63) is 36.0 Å². The lowest BCUT2D eigenvalue weighted by Gasteiger charge is -2.51. The van der Waals surface area contributed by atoms with Crippen LogP contribution in [-0.4, -0.2) is 64.5 Å². The quantitative estimate of drug-likeness (QED) is 0.868. The van der Waals surface area contributed by atoms with Gasteiger partial charge in [0.15, 0.2) is 0 Å². The number of nitrogens with zero attached hydrogens (tertiary/aromatic N) is 2. The molecule has 27 heavy (non-hydrogen) atoms. The number of rotatable bonds is 4. The first kappa shape index (κ1) is 18.0. The summed E-state index contributed by atoms with van der Waals surface area (Å²) in [6, 6.07) is 8.03. The normalized spacial score (nSPS) is 26.1. The first-order valence-electron chi connectivity index (χ1n) is 9.78. The largest absolute Gasteiger partial charge is 0.481 e. The van der Waals surface area contributed by atoms with Gasteiger partial charge in [-0.1, -0.05) is 18.2 Å². The van der Waals surface area contributed by atoms with Crippen LogP contribution >= 0.6 is 0 Å². The molecule has 0 saturated carbocycles. The summed E-state index contributed by atoms with van der Waals surface area (Å²) >= 11 is 0. The molecule has 0 spiro atoms. The second-order valence-corrected chi connectivity index (χ2v) is 8.01. The lowest BCUT2D eigenvalue weighted by atomic mass is 9.68. The number of likely N-dealkylation sites (tertiary alicyclic amines) is 2. The van der Waals surface area contributed by atoms with Gasteiger partial charge in [-0.05, 0) is 50.9 Å². The van der Waals surface area contributed by atoms with Crippen LogP contribution < -0.4 is 0 Å². The summed E-state index contributed by atoms with van der Waals surface area (Å²) in [5.41, 5.74) is 1.55. The van der Waals surface area contributed by atoms with Crippen molar-refractivity contribution in [1.82, 2.24) is 14.8 Å². The van der Waals surface area contributed by atoms with Gasteiger partial charge < -0.3 is 19.9 Å². The van der Waals surface area contributed by atoms with E-state index in [9.17, 15) is 14.7 Å². The van der Waals surface area contributed by atoms with Crippen LogP contribution in [0.25, 0.3) is 10.9 Å². The van der Waals surface area contributed by atoms with Gasteiger partial charge in [-0.3, -0.25) is 9.59 Å². The van der Waals surface area contributed by atoms with E-state index in [1.165, 1.54) is 5.39 Å². The molecule has 3 heterocycles. The number of carboxylic acids is 1. The van der Waals surface area contributed by atoms with Crippen molar-refractivity contribution in [3.63, 3.8) is 0 Å². The fourth-order valence-corrected chi connectivity index (χ4v) is 4.95. The Morgan fingerprint density at radius 2 is 2.07 bits per heavy atom. The number of benzene rings is 1. The molecule has 2 fully saturated rings. The smallest absolute Gasteiger partial charge is 0.311 e. The van der Waals surface area contributed by atoms with E-state index >= 15 is 0 Å². The number of hydrogen-bond donors (Lipinski definition) is 2. The van der Waals surface area contributed by atoms with Crippen LogP contribution in [0.15, 0.2) is 30.5 Å². The summed E-state index contributed by atoms with van der Waals surface area (Å²) in [4.78, 5) is 32.1. The second kappa shape index (κ2) is 7.00. The summed E-state index contributed by atoms with van der Waals surface area (Å²) in [5.74, 6) is -0.580. The van der Waals surface area contributed by atoms with Gasteiger partial charge in [-0.25, -0.2) is 0 Å². The van der Waals surface area contributed by atoms with Crippen molar-refractivity contribution in [1.29, 1.82) is 0 Å². The standard InChI is InChI=1S/C21H27N3O3/c1-23-11-4-9-21(20(26)27)10-12-24(14-18(21)23)19(25)8-7-15-13-22-17-6-3-2-5-16(15)17/h2-3,5-6,13,18,22H,4,7-12,14H2,1H3,(H,26,27)/t18-,21+/m1/s1. The average Bonchev–Trinajstić information content (AvgIpc) is 3.09. The molecule has 6 heteroatoms. The molecule has 2 aliphatic rings. The number of fused-ring (bicyclic) bond motifs is 2. The number of carbonyl (C=O) groups is 2. The number of nitrogens with one attached hydrogen (secondary N) is 1. The van der Waals surface area contributed by atoms with Crippen molar-refractivity contribution in [2.75, 3.05) is 26.7 Å². The number of aromatic amines is 1. The third-order valence-electron chi connectivity index (χ3n) is 6.59. The molecular weight excluding hydrogens is 342 g/mol. The molecule has 0 unspecified atom stereocenters. The van der Waals surface area contributed by atoms with E-state index in [1.807, 2.05) is 36.3 Å². The highest BCUT2D eigenvalue weighted by atomic mass is 16.4. The first-order chi connectivity index (χ1) is 13.0. The van der Waals surface area contributed by atoms with Crippen LogP contribution in [0.4, 0.5) is 0 Å². The zero-order chi connectivity index (χ0) is 19.0. The van der Waals surface area contributed by atoms with Crippen LogP contribution in [-0.2, 0) is 16.0 Å². The van der Waals surface area contributed by atoms with Gasteiger partial charge in [0, 0.05) is 42.7 Å². The van der Waals surface area contributed by atoms with E-state index in [-0.39, 0.29) is 11.9 Å². The Morgan fingerprint density at radius 1 is 1.26 bits per heavy atom. The van der Waals surface area contributed by atoms with Crippen LogP contribution in [0.2, 0.25) is 0 Å². The Balaban J connectivity index is 1.43. The number of aryl methyl sites for hydroxylation is 1. The monoisotopic (exact) mass is 369 g/mol. The molecule has 2 aromatic rings. The molecule has 0 radical (unpaired) electrons. The van der Waals surface area contributed by atoms with Crippen molar-refractivity contribution in [3.8, 4) is 0 Å². The minimum Gasteiger partial charge on any atom is -0.481 e. The van der Waals surface area contributed by atoms with Gasteiger partial charge in [0.1, 0.15) is 0 Å². The van der Waals surface area contributed by atoms with E-state index in [1.54, 1.807) is 0 Å². The summed E-state index contributed by atoms with van der Waals surface area (Å²) in [5, 5.41) is 11.0. The van der Waals surface area contributed by atoms with Crippen molar-refractivity contribution >= 4 is 22.8 Å². The van der Waals surface area contributed by atoms with Gasteiger partial charge in [-0.15, -0.1) is 0 Å². The Kier molecular flexibility index (Phi) is 4.68. The van der Waals surface area contributed by atoms with Gasteiger partial charge in [0.25, 0.3) is 0 Å². The Labute approximate surface area is 159 Å². The molecule has 2 N–H and O–H groups in total. The Bertz CT molecular complexity index is 861. The maximum absolute atomic E-state index is 12.8. The number of piperidine rings is 2. The number of aromatic nitrogens is 1. The maximum Gasteiger partial charge on any atom is 0.311 e. The second-order valence-electron chi connectivity index (χ2n) is 8.01. The van der Waals surface area contributed by atoms with Crippen LogP contribution in [0, 0.1) is 5.41 Å². The number of para-hydroxylation sites is 1. The fraction of sp³-hybridized carbons (Fsp3) is 0.524. The molecule has 2 aliphatic heterocycles. The topological polar surface area (TPSA) is 76.6 Å². The van der Waals surface area contributed by atoms with E-state index in [0.717, 1.165) is 24.0 Å². The minimum absolute atomic E-state index is 0.0884. The average molecular weight is 369 g/mol. The van der Waals surface area contributed by atoms with Crippen LogP contribution in [0.5, 0.6) is 0 Å². The molecule has 1 aromatic heterocycles. The number of carbonyl (C=O) groups excluding carboxylic acids is 1. The molecule has 0 bridgehead atoms. The van der Waals surface area contributed by atoms with Gasteiger partial charge in [-0.2, -0.15) is 0 Å². The van der Waals surface area contributed by atoms with E-state index in [2.05, 4.69) is 16.0 Å². The number of likely N-dealkylation sites (N-methyl/N-ethyl adjacent to an activating group) is 1. The highest BCUT2D eigenvalue weighted by molar-refractivity contribution is 5.84. The minimum atomic E-state index is -0.704. The first-order valence-corrected chi connectivity index (χ1v) is 9.78. The molecule has 0 aliphatic carbocycles. The molecular formula is C21H27N3O3. The van der Waals surface area contributed by atoms with Gasteiger partial charge in [0.2, 0.25) is 5.91 Å². The third-order valence-corrected chi connectivity index (χ3v) is 6.59. The van der Waals surface area contributed by atoms with Gasteiger partial charge >= 0.3 is 5.97 Å². The van der Waals surface area contributed by atoms with E-state index in [0.29, 0.717) is 38.8 Å². The van der Waals surface area contributed by atoms with Crippen molar-refractivity contribution in [2.45, 2.75) is 38.1 Å². The maximum atomic E-state index is 12.8. The number of hydrogen-bond acceptors (Lipinski definition) is 3. The van der Waals surface area contributed by atoms with Crippen molar-refractivity contribution in [2.24, 2.45) is 5.41 Å². The predicted molar refractivity (Wildman–Crippen MR) is 104 cm³/mol. The Morgan fingerprint density at radius 3 is 2.89 bits per heavy atom. The molecule has 2 saturated heterocycles. The Hall–Kier alpha value is -2.34. The third kappa shape index (κ3) is 3.12. The number of aliphatic carboxylic acids is 1. The van der Waals surface area contributed by atoms with Crippen LogP contribution in [0.1, 0.15) is 31.2 Å². The number of H-pyrrole nitrogens is 1. The summed E-state index contributed by atoms with van der Waals surface area (Å²) < 4.78 is 0. The zero-order valence-corrected chi connectivity index (χ0v) is 15.8. The number of amides is 1. The predicted octanol–water partition coefficient (Wildman–Crippen LogP) is 2.50. The number of carboxylic acid groups (broad SMARTS) is 1. The summed E-state index contributed by atoms with van der Waals surface area (Å²) in [6.07, 6.45) is 5.32. The zero-order valence-electron chi connectivity index (χ0n) is 15.8. The molecule has 6 nitrogen and oxygen atoms in total. The lowest BCUT2D eigenvalue weighted by molar-refractivity contribution is -0.165. The highest BCUT2D eigenvalue weighted by Crippen LogP contribution is 2.42. The molecule has 1 amide bonds. The molecule has 2 atom stereocenters. The fourth-order valence-electron chi connectivity index (χ4n) is 4.95. The lowest BCUT2D eigenvalue weighted by Crippen LogP contribution is -2.63. The summed E-state index contributed by atoms with van der Waals surface area (Å²) in [6.45, 7) is 1.97. The SMILES string of the molecule is CN1CCC[C@]2(C(=O)O)CCN(C(=O)CCc3c[nH]c4ccccc34)C[C@@H]12. The molecule has 4 rings (SSSR count). The van der Waals surface area contributed by atoms with Crippen LogP contribution in [0.3, 0.4) is 0 Å². The highest BCUT2D eigenvalue weighted by Gasteiger charge is 2.52. The molecule has 144 valence electrons. The summed E-state index contributed by atoms with van der Waals surface area (Å²) in [7, 11) is 1.99. The van der Waals surface area contributed by atoms with Gasteiger partial charge in [0.05, 0.1) is 5.41 Å².